The first-order chi connectivity index (χ1) is 8.56. The molecule has 0 aliphatic rings. The van der Waals surface area contributed by atoms with E-state index in [4.69, 9.17) is 0 Å². The van der Waals surface area contributed by atoms with Gasteiger partial charge in [-0.05, 0) is 40.5 Å². The number of benzene rings is 1. The van der Waals surface area contributed by atoms with Crippen molar-refractivity contribution in [2.45, 2.75) is 6.92 Å². The first kappa shape index (κ1) is 12.6. The molecule has 6 heteroatoms. The largest absolute Gasteiger partial charge is 0.305 e. The molecule has 1 aromatic carbocycles. The molecule has 0 atom stereocenters. The van der Waals surface area contributed by atoms with Gasteiger partial charge in [-0.3, -0.25) is 4.79 Å². The van der Waals surface area contributed by atoms with Crippen molar-refractivity contribution in [3.05, 3.63) is 52.1 Å². The van der Waals surface area contributed by atoms with Crippen molar-refractivity contribution in [2.75, 3.05) is 5.32 Å². The number of halogens is 2. The third-order valence-electron chi connectivity index (χ3n) is 2.23. The van der Waals surface area contributed by atoms with E-state index in [1.165, 1.54) is 24.5 Å². The van der Waals surface area contributed by atoms with Crippen molar-refractivity contribution in [2.24, 2.45) is 0 Å². The van der Waals surface area contributed by atoms with E-state index < -0.39 is 11.7 Å². The summed E-state index contributed by atoms with van der Waals surface area (Å²) in [6.07, 6.45) is 2.83. The lowest BCUT2D eigenvalue weighted by molar-refractivity contribution is 0.102. The molecular weight excluding hydrogens is 301 g/mol. The molecule has 0 bridgehead atoms. The minimum absolute atomic E-state index is 0.0229. The lowest BCUT2D eigenvalue weighted by Gasteiger charge is -2.05. The van der Waals surface area contributed by atoms with Crippen LogP contribution in [0.4, 0.5) is 10.2 Å². The smallest absolute Gasteiger partial charge is 0.259 e. The molecule has 2 rings (SSSR count). The number of carbonyl (C=O) groups excluding carboxylic acids is 1. The Kier molecular flexibility index (Phi) is 3.66. The molecule has 0 fully saturated rings. The molecule has 2 aromatic rings. The number of anilines is 1. The Morgan fingerprint density at radius 1 is 1.33 bits per heavy atom. The van der Waals surface area contributed by atoms with Crippen LogP contribution in [0.15, 0.2) is 35.2 Å². The number of hydrogen-bond acceptors (Lipinski definition) is 3. The summed E-state index contributed by atoms with van der Waals surface area (Å²) < 4.78 is 14.1. The first-order valence-electron chi connectivity index (χ1n) is 5.11. The molecule has 0 radical (unpaired) electrons. The zero-order valence-corrected chi connectivity index (χ0v) is 11.0. The summed E-state index contributed by atoms with van der Waals surface area (Å²) in [5.41, 5.74) is 0.734. The van der Waals surface area contributed by atoms with Crippen LogP contribution in [0, 0.1) is 12.7 Å². The number of amides is 1. The highest BCUT2D eigenvalue weighted by Gasteiger charge is 2.12. The summed E-state index contributed by atoms with van der Waals surface area (Å²) in [5.74, 6) is -0.843. The van der Waals surface area contributed by atoms with Crippen LogP contribution in [0.1, 0.15) is 15.9 Å². The molecule has 0 aliphatic carbocycles. The third kappa shape index (κ3) is 2.89. The molecule has 0 aliphatic heterocycles. The molecule has 18 heavy (non-hydrogen) atoms. The van der Waals surface area contributed by atoms with Gasteiger partial charge in [0.15, 0.2) is 5.82 Å². The van der Waals surface area contributed by atoms with Crippen molar-refractivity contribution < 1.29 is 9.18 Å². The second kappa shape index (κ2) is 5.22. The Morgan fingerprint density at radius 2 is 2.11 bits per heavy atom. The van der Waals surface area contributed by atoms with Crippen LogP contribution < -0.4 is 5.32 Å². The monoisotopic (exact) mass is 309 g/mol. The second-order valence-electron chi connectivity index (χ2n) is 3.66. The Morgan fingerprint density at radius 3 is 2.72 bits per heavy atom. The van der Waals surface area contributed by atoms with Gasteiger partial charge in [0.1, 0.15) is 10.4 Å². The maximum absolute atomic E-state index is 13.6. The topological polar surface area (TPSA) is 54.9 Å². The minimum atomic E-state index is -0.558. The Balaban J connectivity index is 2.19. The fourth-order valence-corrected chi connectivity index (χ4v) is 1.57. The van der Waals surface area contributed by atoms with E-state index in [-0.39, 0.29) is 11.4 Å². The minimum Gasteiger partial charge on any atom is -0.305 e. The van der Waals surface area contributed by atoms with Crippen LogP contribution in [0.5, 0.6) is 0 Å². The maximum atomic E-state index is 13.6. The van der Waals surface area contributed by atoms with E-state index in [1.807, 2.05) is 0 Å². The Labute approximate surface area is 111 Å². The quantitative estimate of drug-likeness (QED) is 0.928. The molecule has 1 heterocycles. The van der Waals surface area contributed by atoms with Crippen LogP contribution in [0.25, 0.3) is 0 Å². The van der Waals surface area contributed by atoms with Gasteiger partial charge >= 0.3 is 0 Å². The van der Waals surface area contributed by atoms with Gasteiger partial charge in [0.25, 0.3) is 5.91 Å². The molecule has 1 aromatic heterocycles. The van der Waals surface area contributed by atoms with Gasteiger partial charge in [-0.15, -0.1) is 0 Å². The lowest BCUT2D eigenvalue weighted by atomic mass is 10.1. The number of hydrogen-bond donors (Lipinski definition) is 1. The number of nitrogens with zero attached hydrogens (tertiary/aromatic N) is 2. The van der Waals surface area contributed by atoms with Crippen LogP contribution in [-0.2, 0) is 0 Å². The number of carbonyl (C=O) groups is 1. The van der Waals surface area contributed by atoms with Crippen molar-refractivity contribution in [1.29, 1.82) is 0 Å². The molecule has 1 N–H and O–H groups in total. The summed E-state index contributed by atoms with van der Waals surface area (Å²) >= 11 is 3.13. The molecule has 1 amide bonds. The standard InChI is InChI=1S/C12H9BrFN3O/c1-7-2-3-8(9(14)4-7)12(18)17-11-6-15-10(13)5-16-11/h2-6H,1H3,(H,16,17,18). The van der Waals surface area contributed by atoms with Gasteiger partial charge in [-0.2, -0.15) is 0 Å². The highest BCUT2D eigenvalue weighted by atomic mass is 79.9. The average Bonchev–Trinajstić information content (AvgIpc) is 2.32. The lowest BCUT2D eigenvalue weighted by Crippen LogP contribution is -2.14. The fraction of sp³-hybridized carbons (Fsp3) is 0.0833. The number of nitrogens with one attached hydrogen (secondary N) is 1. The number of rotatable bonds is 2. The average molecular weight is 310 g/mol. The first-order valence-corrected chi connectivity index (χ1v) is 5.90. The van der Waals surface area contributed by atoms with Crippen LogP contribution in [-0.4, -0.2) is 15.9 Å². The van der Waals surface area contributed by atoms with E-state index in [2.05, 4.69) is 31.2 Å². The molecule has 0 saturated heterocycles. The normalized spacial score (nSPS) is 10.2. The summed E-state index contributed by atoms with van der Waals surface area (Å²) in [4.78, 5) is 19.6. The van der Waals surface area contributed by atoms with Gasteiger partial charge < -0.3 is 5.32 Å². The predicted molar refractivity (Wildman–Crippen MR) is 68.8 cm³/mol. The second-order valence-corrected chi connectivity index (χ2v) is 4.47. The summed E-state index contributed by atoms with van der Waals surface area (Å²) in [6.45, 7) is 1.75. The Bertz CT molecular complexity index is 586. The van der Waals surface area contributed by atoms with E-state index >= 15 is 0 Å². The van der Waals surface area contributed by atoms with E-state index in [9.17, 15) is 9.18 Å². The van der Waals surface area contributed by atoms with Gasteiger partial charge in [0.2, 0.25) is 0 Å². The number of aryl methyl sites for hydroxylation is 1. The Hall–Kier alpha value is -1.82. The van der Waals surface area contributed by atoms with Crippen molar-refractivity contribution in [3.63, 3.8) is 0 Å². The van der Waals surface area contributed by atoms with Gasteiger partial charge in [-0.25, -0.2) is 14.4 Å². The van der Waals surface area contributed by atoms with Crippen molar-refractivity contribution >= 4 is 27.7 Å². The zero-order chi connectivity index (χ0) is 13.1. The molecule has 0 spiro atoms. The third-order valence-corrected chi connectivity index (χ3v) is 2.64. The summed E-state index contributed by atoms with van der Waals surface area (Å²) in [5, 5.41) is 2.47. The van der Waals surface area contributed by atoms with Crippen molar-refractivity contribution in [1.82, 2.24) is 9.97 Å². The van der Waals surface area contributed by atoms with E-state index in [0.717, 1.165) is 5.56 Å². The van der Waals surface area contributed by atoms with Gasteiger partial charge in [0.05, 0.1) is 18.0 Å². The molecule has 92 valence electrons. The van der Waals surface area contributed by atoms with Gasteiger partial charge in [0, 0.05) is 0 Å². The predicted octanol–water partition coefficient (Wildman–Crippen LogP) is 2.94. The highest BCUT2D eigenvalue weighted by molar-refractivity contribution is 9.10. The molecular formula is C12H9BrFN3O. The SMILES string of the molecule is Cc1ccc(C(=O)Nc2cnc(Br)cn2)c(F)c1. The van der Waals surface area contributed by atoms with E-state index in [0.29, 0.717) is 4.60 Å². The number of aromatic nitrogens is 2. The fourth-order valence-electron chi connectivity index (χ4n) is 1.36. The molecule has 4 nitrogen and oxygen atoms in total. The summed E-state index contributed by atoms with van der Waals surface area (Å²) in [7, 11) is 0. The van der Waals surface area contributed by atoms with Crippen molar-refractivity contribution in [3.8, 4) is 0 Å². The summed E-state index contributed by atoms with van der Waals surface area (Å²) in [6, 6.07) is 4.42. The molecule has 0 saturated carbocycles. The van der Waals surface area contributed by atoms with Crippen LogP contribution in [0.2, 0.25) is 0 Å². The highest BCUT2D eigenvalue weighted by Crippen LogP contribution is 2.12. The maximum Gasteiger partial charge on any atom is 0.259 e. The van der Waals surface area contributed by atoms with Crippen LogP contribution in [0.3, 0.4) is 0 Å². The van der Waals surface area contributed by atoms with Gasteiger partial charge in [-0.1, -0.05) is 6.07 Å². The van der Waals surface area contributed by atoms with Crippen LogP contribution >= 0.6 is 15.9 Å². The zero-order valence-electron chi connectivity index (χ0n) is 9.45. The molecule has 0 unspecified atom stereocenters. The van der Waals surface area contributed by atoms with E-state index in [1.54, 1.807) is 13.0 Å².